The van der Waals surface area contributed by atoms with Crippen molar-refractivity contribution in [1.82, 2.24) is 4.98 Å². The predicted molar refractivity (Wildman–Crippen MR) is 101 cm³/mol. The van der Waals surface area contributed by atoms with E-state index in [1.165, 1.54) is 11.3 Å². The van der Waals surface area contributed by atoms with Crippen LogP contribution in [-0.2, 0) is 6.54 Å². The summed E-state index contributed by atoms with van der Waals surface area (Å²) < 4.78 is 10.9. The summed E-state index contributed by atoms with van der Waals surface area (Å²) in [5.74, 6) is 1.37. The number of rotatable bonds is 6. The quantitative estimate of drug-likeness (QED) is 0.578. The summed E-state index contributed by atoms with van der Waals surface area (Å²) in [5.41, 5.74) is 0.606. The molecule has 1 aliphatic carbocycles. The summed E-state index contributed by atoms with van der Waals surface area (Å²) in [6.45, 7) is 0.581. The first-order chi connectivity index (χ1) is 12.7. The molecule has 3 aromatic heterocycles. The number of nitrogens with zero attached hydrogens (tertiary/aromatic N) is 2. The number of allylic oxidation sites excluding steroid dienone is 4. The van der Waals surface area contributed by atoms with Gasteiger partial charge in [-0.15, -0.1) is 0 Å². The molecule has 0 bridgehead atoms. The van der Waals surface area contributed by atoms with Crippen LogP contribution in [0.2, 0.25) is 0 Å². The number of aromatic nitrogens is 1. The lowest BCUT2D eigenvalue weighted by Crippen LogP contribution is -2.15. The molecule has 0 radical (unpaired) electrons. The molecule has 3 aromatic rings. The van der Waals surface area contributed by atoms with Crippen LogP contribution in [0.4, 0.5) is 5.13 Å². The van der Waals surface area contributed by atoms with Crippen LogP contribution in [-0.4, -0.2) is 17.8 Å². The van der Waals surface area contributed by atoms with Crippen LogP contribution in [0.1, 0.15) is 21.9 Å². The SMILES string of the molecule is CN(Cc1ccco1)c1nc(-c2ccco2)c(C(=O)C2C=CC=CC2)s1. The number of hydrogen-bond donors (Lipinski definition) is 0. The topological polar surface area (TPSA) is 59.5 Å². The van der Waals surface area contributed by atoms with E-state index in [4.69, 9.17) is 13.8 Å². The first-order valence-electron chi connectivity index (χ1n) is 8.38. The maximum absolute atomic E-state index is 13.1. The second-order valence-corrected chi connectivity index (χ2v) is 7.08. The fraction of sp³-hybridized carbons (Fsp3) is 0.200. The Labute approximate surface area is 155 Å². The Kier molecular flexibility index (Phi) is 4.58. The summed E-state index contributed by atoms with van der Waals surface area (Å²) in [4.78, 5) is 20.4. The molecule has 0 fully saturated rings. The zero-order chi connectivity index (χ0) is 17.9. The highest BCUT2D eigenvalue weighted by atomic mass is 32.1. The highest BCUT2D eigenvalue weighted by Gasteiger charge is 2.27. The number of carbonyl (C=O) groups excluding carboxylic acids is 1. The normalized spacial score (nSPS) is 16.1. The van der Waals surface area contributed by atoms with Gasteiger partial charge in [-0.1, -0.05) is 35.6 Å². The van der Waals surface area contributed by atoms with Crippen LogP contribution in [0.25, 0.3) is 11.5 Å². The average Bonchev–Trinajstić information content (AvgIpc) is 3.42. The molecule has 132 valence electrons. The van der Waals surface area contributed by atoms with Crippen LogP contribution >= 0.6 is 11.3 Å². The molecule has 3 heterocycles. The Morgan fingerprint density at radius 1 is 1.27 bits per heavy atom. The molecule has 4 rings (SSSR count). The Morgan fingerprint density at radius 3 is 2.81 bits per heavy atom. The third-order valence-electron chi connectivity index (χ3n) is 4.21. The lowest BCUT2D eigenvalue weighted by Gasteiger charge is -2.13. The number of Topliss-reactive ketones (excluding diaryl/α,β-unsaturated/α-hetero) is 1. The minimum Gasteiger partial charge on any atom is -0.467 e. The minimum absolute atomic E-state index is 0.0761. The Balaban J connectivity index is 1.67. The van der Waals surface area contributed by atoms with Gasteiger partial charge >= 0.3 is 0 Å². The van der Waals surface area contributed by atoms with Gasteiger partial charge in [0.25, 0.3) is 0 Å². The van der Waals surface area contributed by atoms with E-state index in [9.17, 15) is 4.79 Å². The van der Waals surface area contributed by atoms with Crippen molar-refractivity contribution >= 4 is 22.3 Å². The first kappa shape index (κ1) is 16.6. The summed E-state index contributed by atoms with van der Waals surface area (Å²) >= 11 is 1.40. The highest BCUT2D eigenvalue weighted by Crippen LogP contribution is 2.36. The lowest BCUT2D eigenvalue weighted by molar-refractivity contribution is 0.0950. The molecule has 0 spiro atoms. The third-order valence-corrected chi connectivity index (χ3v) is 5.40. The predicted octanol–water partition coefficient (Wildman–Crippen LogP) is 4.95. The van der Waals surface area contributed by atoms with Crippen molar-refractivity contribution in [1.29, 1.82) is 0 Å². The molecule has 5 nitrogen and oxygen atoms in total. The fourth-order valence-electron chi connectivity index (χ4n) is 2.87. The van der Waals surface area contributed by atoms with E-state index in [0.717, 1.165) is 10.9 Å². The second kappa shape index (κ2) is 7.17. The largest absolute Gasteiger partial charge is 0.467 e. The summed E-state index contributed by atoms with van der Waals surface area (Å²) in [7, 11) is 1.94. The van der Waals surface area contributed by atoms with E-state index in [-0.39, 0.29) is 11.7 Å². The van der Waals surface area contributed by atoms with E-state index in [1.54, 1.807) is 18.6 Å². The van der Waals surface area contributed by atoms with Crippen molar-refractivity contribution in [2.75, 3.05) is 11.9 Å². The molecule has 0 N–H and O–H groups in total. The van der Waals surface area contributed by atoms with E-state index in [2.05, 4.69) is 0 Å². The minimum atomic E-state index is -0.155. The maximum atomic E-state index is 13.1. The van der Waals surface area contributed by atoms with Crippen LogP contribution in [0.3, 0.4) is 0 Å². The molecule has 26 heavy (non-hydrogen) atoms. The molecule has 0 saturated heterocycles. The number of anilines is 1. The van der Waals surface area contributed by atoms with Crippen LogP contribution < -0.4 is 4.90 Å². The fourth-order valence-corrected chi connectivity index (χ4v) is 3.90. The average molecular weight is 366 g/mol. The molecule has 0 aromatic carbocycles. The zero-order valence-electron chi connectivity index (χ0n) is 14.3. The maximum Gasteiger partial charge on any atom is 0.186 e. The molecule has 1 unspecified atom stereocenters. The third kappa shape index (κ3) is 3.28. The van der Waals surface area contributed by atoms with Gasteiger partial charge in [0, 0.05) is 13.0 Å². The van der Waals surface area contributed by atoms with Crippen molar-refractivity contribution in [2.45, 2.75) is 13.0 Å². The number of hydrogen-bond acceptors (Lipinski definition) is 6. The Morgan fingerprint density at radius 2 is 2.12 bits per heavy atom. The van der Waals surface area contributed by atoms with E-state index in [0.29, 0.717) is 29.3 Å². The number of carbonyl (C=O) groups is 1. The van der Waals surface area contributed by atoms with Crippen molar-refractivity contribution < 1.29 is 13.6 Å². The number of ketones is 1. The van der Waals surface area contributed by atoms with Gasteiger partial charge in [-0.05, 0) is 30.7 Å². The molecule has 0 aliphatic heterocycles. The molecule has 0 amide bonds. The van der Waals surface area contributed by atoms with Gasteiger partial charge in [0.05, 0.1) is 19.1 Å². The summed E-state index contributed by atoms with van der Waals surface area (Å²) in [5, 5.41) is 0.756. The van der Waals surface area contributed by atoms with E-state index in [1.807, 2.05) is 54.5 Å². The van der Waals surface area contributed by atoms with Gasteiger partial charge in [0.15, 0.2) is 16.7 Å². The van der Waals surface area contributed by atoms with Gasteiger partial charge in [-0.3, -0.25) is 4.79 Å². The van der Waals surface area contributed by atoms with Crippen molar-refractivity contribution in [3.63, 3.8) is 0 Å². The summed E-state index contributed by atoms with van der Waals surface area (Å²) in [6.07, 6.45) is 11.8. The molecular weight excluding hydrogens is 348 g/mol. The standard InChI is InChI=1S/C20H18N2O3S/c1-22(13-15-9-5-11-24-15)20-21-17(16-10-6-12-25-16)19(26-20)18(23)14-7-3-2-4-8-14/h2-7,9-12,14H,8,13H2,1H3. The number of thiazole rings is 1. The smallest absolute Gasteiger partial charge is 0.186 e. The monoisotopic (exact) mass is 366 g/mol. The van der Waals surface area contributed by atoms with Crippen LogP contribution in [0.5, 0.6) is 0 Å². The number of furan rings is 2. The van der Waals surface area contributed by atoms with E-state index < -0.39 is 0 Å². The van der Waals surface area contributed by atoms with Crippen LogP contribution in [0, 0.1) is 5.92 Å². The van der Waals surface area contributed by atoms with Crippen LogP contribution in [0.15, 0.2) is 69.9 Å². The van der Waals surface area contributed by atoms with Gasteiger partial charge < -0.3 is 13.7 Å². The second-order valence-electron chi connectivity index (χ2n) is 6.11. The van der Waals surface area contributed by atoms with Gasteiger partial charge in [0.2, 0.25) is 0 Å². The van der Waals surface area contributed by atoms with Gasteiger partial charge in [0.1, 0.15) is 16.3 Å². The molecular formula is C20H18N2O3S. The van der Waals surface area contributed by atoms with E-state index >= 15 is 0 Å². The molecule has 6 heteroatoms. The molecule has 0 saturated carbocycles. The molecule has 1 aliphatic rings. The Bertz CT molecular complexity index is 936. The van der Waals surface area contributed by atoms with Crippen molar-refractivity contribution in [3.8, 4) is 11.5 Å². The van der Waals surface area contributed by atoms with Crippen molar-refractivity contribution in [3.05, 3.63) is 71.7 Å². The lowest BCUT2D eigenvalue weighted by atomic mass is 9.94. The van der Waals surface area contributed by atoms with Gasteiger partial charge in [-0.2, -0.15) is 0 Å². The van der Waals surface area contributed by atoms with Crippen molar-refractivity contribution in [2.24, 2.45) is 5.92 Å². The Hall–Kier alpha value is -2.86. The first-order valence-corrected chi connectivity index (χ1v) is 9.20. The summed E-state index contributed by atoms with van der Waals surface area (Å²) in [6, 6.07) is 7.41. The zero-order valence-corrected chi connectivity index (χ0v) is 15.1. The van der Waals surface area contributed by atoms with Gasteiger partial charge in [-0.25, -0.2) is 4.98 Å². The molecule has 1 atom stereocenters. The highest BCUT2D eigenvalue weighted by molar-refractivity contribution is 7.18.